The smallest absolute Gasteiger partial charge is 0.356 e. The van der Waals surface area contributed by atoms with Gasteiger partial charge < -0.3 is 9.51 Å². The Kier molecular flexibility index (Phi) is 3.16. The number of H-pyrrole nitrogens is 1. The van der Waals surface area contributed by atoms with Gasteiger partial charge in [-0.05, 0) is 18.6 Å². The average Bonchev–Trinajstić information content (AvgIpc) is 3.09. The summed E-state index contributed by atoms with van der Waals surface area (Å²) < 4.78 is 2.03. The Hall–Kier alpha value is -2.67. The first-order valence-corrected chi connectivity index (χ1v) is 7.56. The standard InChI is InChI=1S/C16H17N5O2/c1-10-2-3-14-17-11(8-21(14)6-10)7-20-5-4-13-12(9-20)15(16(22)23)19-18-13/h2-3,6,8H,4-5,7,9H2,1H3,(H,18,19)(H,22,23). The molecule has 0 radical (unpaired) electrons. The number of hydrogen-bond acceptors (Lipinski definition) is 4. The molecule has 1 aliphatic rings. The van der Waals surface area contributed by atoms with Gasteiger partial charge in [0.2, 0.25) is 0 Å². The summed E-state index contributed by atoms with van der Waals surface area (Å²) in [5.41, 5.74) is 4.97. The van der Waals surface area contributed by atoms with E-state index >= 15 is 0 Å². The Bertz CT molecular complexity index is 895. The number of carboxylic acid groups (broad SMARTS) is 1. The lowest BCUT2D eigenvalue weighted by Gasteiger charge is -2.25. The van der Waals surface area contributed by atoms with E-state index in [1.165, 1.54) is 5.56 Å². The molecule has 0 bridgehead atoms. The molecule has 0 atom stereocenters. The fourth-order valence-electron chi connectivity index (χ4n) is 3.12. The number of aromatic nitrogens is 4. The fraction of sp³-hybridized carbons (Fsp3) is 0.312. The quantitative estimate of drug-likeness (QED) is 0.767. The number of aromatic amines is 1. The molecule has 3 aromatic heterocycles. The number of nitrogens with zero attached hydrogens (tertiary/aromatic N) is 4. The van der Waals surface area contributed by atoms with Gasteiger partial charge in [-0.1, -0.05) is 6.07 Å². The topological polar surface area (TPSA) is 86.5 Å². The summed E-state index contributed by atoms with van der Waals surface area (Å²) in [7, 11) is 0. The zero-order chi connectivity index (χ0) is 16.0. The Labute approximate surface area is 132 Å². The van der Waals surface area contributed by atoms with Crippen LogP contribution < -0.4 is 0 Å². The monoisotopic (exact) mass is 311 g/mol. The van der Waals surface area contributed by atoms with Crippen LogP contribution in [0.4, 0.5) is 0 Å². The first-order chi connectivity index (χ1) is 11.1. The van der Waals surface area contributed by atoms with E-state index in [1.54, 1.807) is 0 Å². The molecule has 7 heteroatoms. The minimum Gasteiger partial charge on any atom is -0.476 e. The van der Waals surface area contributed by atoms with Gasteiger partial charge in [0.25, 0.3) is 0 Å². The van der Waals surface area contributed by atoms with Crippen molar-refractivity contribution in [2.45, 2.75) is 26.4 Å². The molecule has 0 saturated heterocycles. The van der Waals surface area contributed by atoms with Gasteiger partial charge in [0.1, 0.15) is 5.65 Å². The predicted molar refractivity (Wildman–Crippen MR) is 83.3 cm³/mol. The van der Waals surface area contributed by atoms with Crippen LogP contribution in [0.2, 0.25) is 0 Å². The van der Waals surface area contributed by atoms with E-state index in [0.29, 0.717) is 13.1 Å². The zero-order valence-electron chi connectivity index (χ0n) is 12.8. The molecule has 4 heterocycles. The molecule has 1 aliphatic heterocycles. The number of carbonyl (C=O) groups is 1. The maximum absolute atomic E-state index is 11.2. The maximum Gasteiger partial charge on any atom is 0.356 e. The van der Waals surface area contributed by atoms with Gasteiger partial charge in [-0.25, -0.2) is 9.78 Å². The molecule has 0 saturated carbocycles. The van der Waals surface area contributed by atoms with Crippen molar-refractivity contribution in [1.29, 1.82) is 0 Å². The number of aromatic carboxylic acids is 1. The average molecular weight is 311 g/mol. The van der Waals surface area contributed by atoms with Gasteiger partial charge in [-0.3, -0.25) is 10.00 Å². The molecule has 4 rings (SSSR count). The highest BCUT2D eigenvalue weighted by molar-refractivity contribution is 5.87. The van der Waals surface area contributed by atoms with Crippen molar-refractivity contribution in [1.82, 2.24) is 24.5 Å². The van der Waals surface area contributed by atoms with Gasteiger partial charge >= 0.3 is 5.97 Å². The van der Waals surface area contributed by atoms with Gasteiger partial charge in [0.05, 0.1) is 5.69 Å². The molecule has 0 unspecified atom stereocenters. The molecular formula is C16H17N5O2. The maximum atomic E-state index is 11.2. The fourth-order valence-corrected chi connectivity index (χ4v) is 3.12. The molecule has 0 spiro atoms. The third-order valence-corrected chi connectivity index (χ3v) is 4.25. The number of fused-ring (bicyclic) bond motifs is 2. The first-order valence-electron chi connectivity index (χ1n) is 7.56. The molecule has 3 aromatic rings. The number of pyridine rings is 1. The van der Waals surface area contributed by atoms with Crippen LogP contribution >= 0.6 is 0 Å². The minimum absolute atomic E-state index is 0.135. The lowest BCUT2D eigenvalue weighted by atomic mass is 10.1. The van der Waals surface area contributed by atoms with E-state index in [0.717, 1.165) is 35.6 Å². The van der Waals surface area contributed by atoms with Gasteiger partial charge in [-0.15, -0.1) is 0 Å². The lowest BCUT2D eigenvalue weighted by Crippen LogP contribution is -2.30. The second-order valence-electron chi connectivity index (χ2n) is 6.00. The summed E-state index contributed by atoms with van der Waals surface area (Å²) in [4.78, 5) is 18.1. The van der Waals surface area contributed by atoms with E-state index in [-0.39, 0.29) is 5.69 Å². The highest BCUT2D eigenvalue weighted by Crippen LogP contribution is 2.22. The number of aryl methyl sites for hydroxylation is 1. The summed E-state index contributed by atoms with van der Waals surface area (Å²) in [6.07, 6.45) is 4.87. The summed E-state index contributed by atoms with van der Waals surface area (Å²) in [6.45, 7) is 4.20. The van der Waals surface area contributed by atoms with Crippen LogP contribution in [-0.4, -0.2) is 42.1 Å². The van der Waals surface area contributed by atoms with Gasteiger partial charge in [-0.2, -0.15) is 5.10 Å². The lowest BCUT2D eigenvalue weighted by molar-refractivity contribution is 0.0687. The molecular weight excluding hydrogens is 294 g/mol. The Morgan fingerprint density at radius 1 is 1.39 bits per heavy atom. The van der Waals surface area contributed by atoms with Crippen LogP contribution in [0.3, 0.4) is 0 Å². The van der Waals surface area contributed by atoms with Crippen LogP contribution in [-0.2, 0) is 19.5 Å². The van der Waals surface area contributed by atoms with Crippen molar-refractivity contribution >= 4 is 11.6 Å². The summed E-state index contributed by atoms with van der Waals surface area (Å²) in [5, 5.41) is 16.0. The largest absolute Gasteiger partial charge is 0.476 e. The van der Waals surface area contributed by atoms with E-state index in [4.69, 9.17) is 0 Å². The van der Waals surface area contributed by atoms with Crippen molar-refractivity contribution in [3.05, 3.63) is 52.7 Å². The van der Waals surface area contributed by atoms with Crippen molar-refractivity contribution < 1.29 is 9.90 Å². The number of nitrogens with one attached hydrogen (secondary N) is 1. The Balaban J connectivity index is 1.57. The zero-order valence-corrected chi connectivity index (χ0v) is 12.8. The second-order valence-corrected chi connectivity index (χ2v) is 6.00. The third-order valence-electron chi connectivity index (χ3n) is 4.25. The molecule has 2 N–H and O–H groups in total. The molecule has 118 valence electrons. The highest BCUT2D eigenvalue weighted by atomic mass is 16.4. The molecule has 0 aromatic carbocycles. The number of rotatable bonds is 3. The predicted octanol–water partition coefficient (Wildman–Crippen LogP) is 1.62. The van der Waals surface area contributed by atoms with Crippen LogP contribution in [0.15, 0.2) is 24.5 Å². The van der Waals surface area contributed by atoms with Gasteiger partial charge in [0, 0.05) is 49.7 Å². The van der Waals surface area contributed by atoms with Crippen molar-refractivity contribution in [3.8, 4) is 0 Å². The third kappa shape index (κ3) is 2.49. The van der Waals surface area contributed by atoms with Crippen molar-refractivity contribution in [3.63, 3.8) is 0 Å². The summed E-state index contributed by atoms with van der Waals surface area (Å²) in [6, 6.07) is 4.05. The second kappa shape index (κ2) is 5.20. The number of imidazole rings is 1. The SMILES string of the molecule is Cc1ccc2nc(CN3CCc4[nH]nc(C(=O)O)c4C3)cn2c1. The van der Waals surface area contributed by atoms with E-state index < -0.39 is 5.97 Å². The number of hydrogen-bond donors (Lipinski definition) is 2. The van der Waals surface area contributed by atoms with Crippen molar-refractivity contribution in [2.24, 2.45) is 0 Å². The Morgan fingerprint density at radius 3 is 3.09 bits per heavy atom. The molecule has 0 fully saturated rings. The minimum atomic E-state index is -0.979. The summed E-state index contributed by atoms with van der Waals surface area (Å²) in [5.74, 6) is -0.979. The van der Waals surface area contributed by atoms with Crippen LogP contribution in [0.25, 0.3) is 5.65 Å². The van der Waals surface area contributed by atoms with Crippen LogP contribution in [0, 0.1) is 6.92 Å². The molecule has 0 aliphatic carbocycles. The first kappa shape index (κ1) is 14.0. The van der Waals surface area contributed by atoms with E-state index in [2.05, 4.69) is 33.2 Å². The van der Waals surface area contributed by atoms with E-state index in [9.17, 15) is 9.90 Å². The van der Waals surface area contributed by atoms with E-state index in [1.807, 2.05) is 22.7 Å². The highest BCUT2D eigenvalue weighted by Gasteiger charge is 2.25. The molecule has 23 heavy (non-hydrogen) atoms. The number of carboxylic acids is 1. The van der Waals surface area contributed by atoms with Gasteiger partial charge in [0.15, 0.2) is 5.69 Å². The normalized spacial score (nSPS) is 15.0. The summed E-state index contributed by atoms with van der Waals surface area (Å²) >= 11 is 0. The van der Waals surface area contributed by atoms with Crippen LogP contribution in [0.1, 0.15) is 33.0 Å². The van der Waals surface area contributed by atoms with Crippen molar-refractivity contribution in [2.75, 3.05) is 6.54 Å². The molecule has 0 amide bonds. The molecule has 7 nitrogen and oxygen atoms in total. The Morgan fingerprint density at radius 2 is 2.26 bits per heavy atom. The van der Waals surface area contributed by atoms with Crippen LogP contribution in [0.5, 0.6) is 0 Å².